The summed E-state index contributed by atoms with van der Waals surface area (Å²) in [6.07, 6.45) is 5.79. The topological polar surface area (TPSA) is 76.7 Å². The number of aromatic carboxylic acids is 1. The fourth-order valence-electron chi connectivity index (χ4n) is 2.46. The zero-order valence-electron chi connectivity index (χ0n) is 9.64. The summed E-state index contributed by atoms with van der Waals surface area (Å²) in [6.45, 7) is 0. The molecule has 1 aliphatic carbocycles. The Morgan fingerprint density at radius 1 is 1.39 bits per heavy atom. The Hall–Kier alpha value is -2.04. The van der Waals surface area contributed by atoms with Crippen molar-refractivity contribution in [3.8, 4) is 5.75 Å². The Kier molecular flexibility index (Phi) is 2.47. The van der Waals surface area contributed by atoms with E-state index in [1.165, 1.54) is 6.07 Å². The third-order valence-electron chi connectivity index (χ3n) is 3.36. The largest absolute Gasteiger partial charge is 0.485 e. The van der Waals surface area contributed by atoms with E-state index in [1.54, 1.807) is 6.08 Å². The average Bonchev–Trinajstić information content (AvgIpc) is 2.36. The van der Waals surface area contributed by atoms with Gasteiger partial charge in [-0.25, -0.2) is 9.59 Å². The molecule has 1 atom stereocenters. The van der Waals surface area contributed by atoms with Crippen LogP contribution < -0.4 is 10.4 Å². The zero-order valence-corrected chi connectivity index (χ0v) is 9.64. The summed E-state index contributed by atoms with van der Waals surface area (Å²) < 4.78 is 10.5. The predicted molar refractivity (Wildman–Crippen MR) is 62.8 cm³/mol. The minimum atomic E-state index is -1.27. The Balaban J connectivity index is 2.11. The van der Waals surface area contributed by atoms with E-state index in [2.05, 4.69) is 0 Å². The van der Waals surface area contributed by atoms with Crippen molar-refractivity contribution in [3.63, 3.8) is 0 Å². The van der Waals surface area contributed by atoms with Gasteiger partial charge < -0.3 is 14.3 Å². The second-order valence-electron chi connectivity index (χ2n) is 4.55. The molecular weight excluding hydrogens is 236 g/mol. The fourth-order valence-corrected chi connectivity index (χ4v) is 2.46. The molecule has 5 nitrogen and oxygen atoms in total. The van der Waals surface area contributed by atoms with Crippen LogP contribution in [0.3, 0.4) is 0 Å². The molecular formula is C13H12O5. The molecule has 1 aromatic rings. The van der Waals surface area contributed by atoms with Crippen LogP contribution in [0.4, 0.5) is 0 Å². The first-order valence-corrected chi connectivity index (χ1v) is 5.94. The van der Waals surface area contributed by atoms with Crippen LogP contribution in [0.5, 0.6) is 5.75 Å². The second kappa shape index (κ2) is 4.01. The van der Waals surface area contributed by atoms with Gasteiger partial charge in [-0.05, 0) is 37.3 Å². The van der Waals surface area contributed by atoms with Crippen molar-refractivity contribution in [2.24, 2.45) is 0 Å². The van der Waals surface area contributed by atoms with Gasteiger partial charge in [-0.1, -0.05) is 0 Å². The number of carboxylic acids is 1. The maximum atomic E-state index is 11.7. The first kappa shape index (κ1) is 11.1. The van der Waals surface area contributed by atoms with Gasteiger partial charge in [-0.2, -0.15) is 0 Å². The number of ether oxygens (including phenoxy) is 1. The van der Waals surface area contributed by atoms with Crippen molar-refractivity contribution in [2.75, 3.05) is 0 Å². The van der Waals surface area contributed by atoms with Gasteiger partial charge in [-0.15, -0.1) is 0 Å². The molecule has 0 amide bonds. The lowest BCUT2D eigenvalue weighted by molar-refractivity contribution is 0.0654. The van der Waals surface area contributed by atoms with Crippen LogP contribution in [0, 0.1) is 0 Å². The van der Waals surface area contributed by atoms with Gasteiger partial charge >= 0.3 is 11.6 Å². The predicted octanol–water partition coefficient (Wildman–Crippen LogP) is 2.06. The number of hydrogen-bond donors (Lipinski definition) is 1. The van der Waals surface area contributed by atoms with Gasteiger partial charge in [-0.3, -0.25) is 0 Å². The van der Waals surface area contributed by atoms with Crippen LogP contribution in [0.25, 0.3) is 6.08 Å². The molecule has 1 fully saturated rings. The van der Waals surface area contributed by atoms with E-state index < -0.39 is 11.6 Å². The van der Waals surface area contributed by atoms with Crippen molar-refractivity contribution in [3.05, 3.63) is 33.4 Å². The minimum absolute atomic E-state index is 0.0188. The van der Waals surface area contributed by atoms with Crippen LogP contribution >= 0.6 is 0 Å². The quantitative estimate of drug-likeness (QED) is 0.823. The number of hydrogen-bond acceptors (Lipinski definition) is 4. The molecule has 3 rings (SSSR count). The van der Waals surface area contributed by atoms with E-state index in [0.717, 1.165) is 31.3 Å². The van der Waals surface area contributed by atoms with E-state index >= 15 is 0 Å². The van der Waals surface area contributed by atoms with Crippen molar-refractivity contribution in [1.82, 2.24) is 0 Å². The second-order valence-corrected chi connectivity index (χ2v) is 4.55. The standard InChI is InChI=1S/C13H12O5/c14-12(15)11-6-10-8(13(16)18-11)5-7-3-1-2-4-9(7)17-10/h5-6,9H,1-4H2,(H,14,15)/t9-/m0/s1. The van der Waals surface area contributed by atoms with E-state index in [9.17, 15) is 9.59 Å². The number of carbonyl (C=O) groups is 1. The maximum absolute atomic E-state index is 11.7. The number of fused-ring (bicyclic) bond motifs is 2. The molecule has 1 aliphatic heterocycles. The minimum Gasteiger partial charge on any atom is -0.485 e. The van der Waals surface area contributed by atoms with Gasteiger partial charge in [0.05, 0.1) is 0 Å². The molecule has 1 aromatic heterocycles. The summed E-state index contributed by atoms with van der Waals surface area (Å²) in [5.74, 6) is -1.33. The lowest BCUT2D eigenvalue weighted by Gasteiger charge is -2.30. The van der Waals surface area contributed by atoms with Gasteiger partial charge in [0.25, 0.3) is 0 Å². The van der Waals surface area contributed by atoms with Crippen LogP contribution in [-0.4, -0.2) is 17.2 Å². The Labute approximate surface area is 103 Å². The average molecular weight is 248 g/mol. The maximum Gasteiger partial charge on any atom is 0.372 e. The molecule has 0 radical (unpaired) electrons. The highest BCUT2D eigenvalue weighted by Gasteiger charge is 2.28. The molecule has 0 bridgehead atoms. The molecule has 2 heterocycles. The van der Waals surface area contributed by atoms with Gasteiger partial charge in [0, 0.05) is 6.07 Å². The lowest BCUT2D eigenvalue weighted by atomic mass is 9.89. The number of rotatable bonds is 1. The summed E-state index contributed by atoms with van der Waals surface area (Å²) in [7, 11) is 0. The summed E-state index contributed by atoms with van der Waals surface area (Å²) >= 11 is 0. The third kappa shape index (κ3) is 1.72. The number of carboxylic acid groups (broad SMARTS) is 1. The van der Waals surface area contributed by atoms with Gasteiger partial charge in [0.2, 0.25) is 5.76 Å². The molecule has 1 saturated carbocycles. The van der Waals surface area contributed by atoms with E-state index in [-0.39, 0.29) is 11.9 Å². The molecule has 94 valence electrons. The highest BCUT2D eigenvalue weighted by atomic mass is 16.5. The molecule has 1 N–H and O–H groups in total. The molecule has 0 aromatic carbocycles. The van der Waals surface area contributed by atoms with Crippen molar-refractivity contribution >= 4 is 12.0 Å². The Morgan fingerprint density at radius 3 is 3.00 bits per heavy atom. The van der Waals surface area contributed by atoms with E-state index in [4.69, 9.17) is 14.3 Å². The molecule has 0 saturated heterocycles. The van der Waals surface area contributed by atoms with Crippen LogP contribution in [-0.2, 0) is 0 Å². The molecule has 0 unspecified atom stereocenters. The molecule has 5 heteroatoms. The highest BCUT2D eigenvalue weighted by molar-refractivity contribution is 5.85. The Bertz CT molecular complexity index is 596. The van der Waals surface area contributed by atoms with E-state index in [0.29, 0.717) is 11.3 Å². The van der Waals surface area contributed by atoms with Crippen LogP contribution in [0.2, 0.25) is 0 Å². The third-order valence-corrected chi connectivity index (χ3v) is 3.36. The SMILES string of the molecule is O=C(O)c1cc2c(c(=O)o1)C=C1CCCC[C@@H]1O2. The van der Waals surface area contributed by atoms with Crippen LogP contribution in [0.15, 0.2) is 20.9 Å². The van der Waals surface area contributed by atoms with Crippen molar-refractivity contribution in [1.29, 1.82) is 0 Å². The van der Waals surface area contributed by atoms with Crippen molar-refractivity contribution in [2.45, 2.75) is 31.8 Å². The molecule has 0 spiro atoms. The fraction of sp³-hybridized carbons (Fsp3) is 0.385. The van der Waals surface area contributed by atoms with Gasteiger partial charge in [0.15, 0.2) is 0 Å². The smallest absolute Gasteiger partial charge is 0.372 e. The molecule has 2 aliphatic rings. The zero-order chi connectivity index (χ0) is 12.7. The van der Waals surface area contributed by atoms with Crippen molar-refractivity contribution < 1.29 is 19.1 Å². The summed E-state index contributed by atoms with van der Waals surface area (Å²) in [5, 5.41) is 8.84. The first-order valence-electron chi connectivity index (χ1n) is 5.94. The summed E-state index contributed by atoms with van der Waals surface area (Å²) in [5.41, 5.74) is 0.777. The van der Waals surface area contributed by atoms with Gasteiger partial charge in [0.1, 0.15) is 17.4 Å². The lowest BCUT2D eigenvalue weighted by Crippen LogP contribution is -2.28. The molecule has 18 heavy (non-hydrogen) atoms. The highest BCUT2D eigenvalue weighted by Crippen LogP contribution is 2.35. The van der Waals surface area contributed by atoms with E-state index in [1.807, 2.05) is 0 Å². The normalized spacial score (nSPS) is 21.3. The Morgan fingerprint density at radius 2 is 2.22 bits per heavy atom. The monoisotopic (exact) mass is 248 g/mol. The summed E-state index contributed by atoms with van der Waals surface area (Å²) in [4.78, 5) is 22.5. The first-order chi connectivity index (χ1) is 8.65. The van der Waals surface area contributed by atoms with Crippen LogP contribution in [0.1, 0.15) is 41.8 Å². The summed E-state index contributed by atoms with van der Waals surface area (Å²) in [6, 6.07) is 1.28.